The van der Waals surface area contributed by atoms with Gasteiger partial charge in [0.1, 0.15) is 0 Å². The van der Waals surface area contributed by atoms with E-state index in [9.17, 15) is 9.90 Å². The van der Waals surface area contributed by atoms with Crippen LogP contribution in [0, 0.1) is 16.7 Å². The number of benzene rings is 1. The van der Waals surface area contributed by atoms with Gasteiger partial charge in [0.15, 0.2) is 0 Å². The third kappa shape index (κ3) is 2.36. The van der Waals surface area contributed by atoms with Gasteiger partial charge in [-0.1, -0.05) is 25.4 Å². The molecular formula is C17H22ClNO2S. The number of amides is 1. The summed E-state index contributed by atoms with van der Waals surface area (Å²) in [5.74, 6) is 0.357. The summed E-state index contributed by atoms with van der Waals surface area (Å²) in [5, 5.41) is 10.3. The molecule has 1 heterocycles. The van der Waals surface area contributed by atoms with Crippen molar-refractivity contribution in [1.82, 2.24) is 4.90 Å². The molecule has 1 aromatic carbocycles. The van der Waals surface area contributed by atoms with Crippen molar-refractivity contribution in [3.63, 3.8) is 0 Å². The fourth-order valence-electron chi connectivity index (χ4n) is 4.46. The number of aliphatic hydroxyl groups is 1. The number of likely N-dealkylation sites (tertiary alicyclic amines) is 1. The lowest BCUT2D eigenvalue weighted by molar-refractivity contribution is -0.0976. The summed E-state index contributed by atoms with van der Waals surface area (Å²) in [6.45, 7) is 5.95. The van der Waals surface area contributed by atoms with Crippen LogP contribution in [0.4, 0.5) is 0 Å². The van der Waals surface area contributed by atoms with Gasteiger partial charge in [0.05, 0.1) is 17.2 Å². The van der Waals surface area contributed by atoms with Crippen molar-refractivity contribution < 1.29 is 9.90 Å². The molecule has 2 aliphatic rings. The van der Waals surface area contributed by atoms with Crippen LogP contribution in [0.25, 0.3) is 0 Å². The fourth-order valence-corrected chi connectivity index (χ4v) is 5.10. The Bertz CT molecular complexity index is 619. The molecule has 2 fully saturated rings. The predicted octanol–water partition coefficient (Wildman–Crippen LogP) is 3.54. The SMILES string of the molecule is CSc1ccc(Cl)c(C(=O)N2C[C@@H]3C(C)(C)C[C@]3(CO)C2)c1. The zero-order valence-corrected chi connectivity index (χ0v) is 14.8. The Hall–Kier alpha value is -0.710. The van der Waals surface area contributed by atoms with Crippen molar-refractivity contribution in [3.05, 3.63) is 28.8 Å². The highest BCUT2D eigenvalue weighted by Gasteiger charge is 2.63. The highest BCUT2D eigenvalue weighted by molar-refractivity contribution is 7.98. The molecule has 0 unspecified atom stereocenters. The van der Waals surface area contributed by atoms with E-state index in [0.717, 1.165) is 11.3 Å². The summed E-state index contributed by atoms with van der Waals surface area (Å²) in [7, 11) is 0. The van der Waals surface area contributed by atoms with Crippen molar-refractivity contribution in [2.24, 2.45) is 16.7 Å². The largest absolute Gasteiger partial charge is 0.396 e. The van der Waals surface area contributed by atoms with E-state index >= 15 is 0 Å². The molecule has 0 aromatic heterocycles. The first-order valence-electron chi connectivity index (χ1n) is 7.57. The predicted molar refractivity (Wildman–Crippen MR) is 90.5 cm³/mol. The molecule has 3 nitrogen and oxygen atoms in total. The number of fused-ring (bicyclic) bond motifs is 1. The van der Waals surface area contributed by atoms with E-state index in [4.69, 9.17) is 11.6 Å². The quantitative estimate of drug-likeness (QED) is 0.856. The monoisotopic (exact) mass is 339 g/mol. The van der Waals surface area contributed by atoms with E-state index < -0.39 is 0 Å². The molecule has 5 heteroatoms. The number of carbonyl (C=O) groups excluding carboxylic acids is 1. The standard InChI is InChI=1S/C17H22ClNO2S/c1-16(2)8-17(10-20)9-19(7-14(16)17)15(21)12-6-11(22-3)4-5-13(12)18/h4-6,14,20H,7-10H2,1-3H3/t14-,17-/m1/s1. The van der Waals surface area contributed by atoms with Crippen LogP contribution in [0.2, 0.25) is 5.02 Å². The summed E-state index contributed by atoms with van der Waals surface area (Å²) in [5.41, 5.74) is 0.659. The second kappa shape index (κ2) is 5.43. The Morgan fingerprint density at radius 1 is 1.50 bits per heavy atom. The second-order valence-electron chi connectivity index (χ2n) is 7.27. The molecule has 1 saturated heterocycles. The van der Waals surface area contributed by atoms with Crippen LogP contribution in [0.15, 0.2) is 23.1 Å². The molecule has 120 valence electrons. The van der Waals surface area contributed by atoms with E-state index in [0.29, 0.717) is 29.6 Å². The van der Waals surface area contributed by atoms with E-state index in [1.165, 1.54) is 0 Å². The Labute approximate surface area is 141 Å². The number of thioether (sulfide) groups is 1. The first kappa shape index (κ1) is 16.2. The third-order valence-corrected chi connectivity index (χ3v) is 6.46. The molecule has 1 N–H and O–H groups in total. The molecule has 1 aliphatic heterocycles. The van der Waals surface area contributed by atoms with Crippen LogP contribution in [0.3, 0.4) is 0 Å². The van der Waals surface area contributed by atoms with Crippen molar-refractivity contribution in [3.8, 4) is 0 Å². The van der Waals surface area contributed by atoms with Gasteiger partial charge in [0.2, 0.25) is 0 Å². The molecule has 1 aliphatic carbocycles. The maximum Gasteiger partial charge on any atom is 0.255 e. The van der Waals surface area contributed by atoms with E-state index in [2.05, 4.69) is 13.8 Å². The molecule has 1 saturated carbocycles. The van der Waals surface area contributed by atoms with Gasteiger partial charge >= 0.3 is 0 Å². The van der Waals surface area contributed by atoms with Crippen LogP contribution < -0.4 is 0 Å². The van der Waals surface area contributed by atoms with Gasteiger partial charge in [-0.2, -0.15) is 0 Å². The third-order valence-electron chi connectivity index (χ3n) is 5.40. The summed E-state index contributed by atoms with van der Waals surface area (Å²) in [6.07, 6.45) is 2.96. The lowest BCUT2D eigenvalue weighted by atomic mass is 9.48. The smallest absolute Gasteiger partial charge is 0.255 e. The van der Waals surface area contributed by atoms with Crippen LogP contribution in [0.5, 0.6) is 0 Å². The minimum Gasteiger partial charge on any atom is -0.396 e. The zero-order chi connectivity index (χ0) is 16.1. The minimum absolute atomic E-state index is 0.0149. The molecule has 1 aromatic rings. The molecule has 22 heavy (non-hydrogen) atoms. The number of halogens is 1. The minimum atomic E-state index is -0.108. The van der Waals surface area contributed by atoms with Gasteiger partial charge < -0.3 is 10.0 Å². The average Bonchev–Trinajstić information content (AvgIpc) is 2.82. The lowest BCUT2D eigenvalue weighted by Gasteiger charge is -2.55. The normalized spacial score (nSPS) is 29.1. The summed E-state index contributed by atoms with van der Waals surface area (Å²) < 4.78 is 0. The Morgan fingerprint density at radius 2 is 2.23 bits per heavy atom. The van der Waals surface area contributed by atoms with E-state index in [1.807, 2.05) is 23.3 Å². The van der Waals surface area contributed by atoms with Crippen molar-refractivity contribution in [2.45, 2.75) is 25.2 Å². The van der Waals surface area contributed by atoms with Crippen molar-refractivity contribution >= 4 is 29.3 Å². The summed E-state index contributed by atoms with van der Waals surface area (Å²) in [4.78, 5) is 15.8. The topological polar surface area (TPSA) is 40.5 Å². The van der Waals surface area contributed by atoms with Crippen molar-refractivity contribution in [1.29, 1.82) is 0 Å². The van der Waals surface area contributed by atoms with Crippen LogP contribution in [0.1, 0.15) is 30.6 Å². The van der Waals surface area contributed by atoms with Gasteiger partial charge in [-0.05, 0) is 42.2 Å². The molecule has 1 amide bonds. The number of hydrogen-bond donors (Lipinski definition) is 1. The van der Waals surface area contributed by atoms with Gasteiger partial charge in [-0.25, -0.2) is 0 Å². The summed E-state index contributed by atoms with van der Waals surface area (Å²) in [6, 6.07) is 5.58. The van der Waals surface area contributed by atoms with Gasteiger partial charge in [-0.3, -0.25) is 4.79 Å². The highest BCUT2D eigenvalue weighted by Crippen LogP contribution is 2.62. The van der Waals surface area contributed by atoms with Crippen molar-refractivity contribution in [2.75, 3.05) is 26.0 Å². The molecular weight excluding hydrogens is 318 g/mol. The van der Waals surface area contributed by atoms with E-state index in [1.54, 1.807) is 17.8 Å². The molecule has 3 rings (SSSR count). The molecule has 0 radical (unpaired) electrons. The Morgan fingerprint density at radius 3 is 2.77 bits per heavy atom. The number of rotatable bonds is 3. The summed E-state index contributed by atoms with van der Waals surface area (Å²) >= 11 is 7.83. The molecule has 2 atom stereocenters. The maximum atomic E-state index is 12.9. The number of nitrogens with zero attached hydrogens (tertiary/aromatic N) is 1. The second-order valence-corrected chi connectivity index (χ2v) is 8.56. The maximum absolute atomic E-state index is 12.9. The van der Waals surface area contributed by atoms with Crippen LogP contribution in [-0.2, 0) is 0 Å². The fraction of sp³-hybridized carbons (Fsp3) is 0.588. The first-order valence-corrected chi connectivity index (χ1v) is 9.17. The zero-order valence-electron chi connectivity index (χ0n) is 13.2. The molecule has 0 spiro atoms. The molecule has 0 bridgehead atoms. The number of hydrogen-bond acceptors (Lipinski definition) is 3. The number of carbonyl (C=O) groups is 1. The van der Waals surface area contributed by atoms with Gasteiger partial charge in [-0.15, -0.1) is 11.8 Å². The van der Waals surface area contributed by atoms with E-state index in [-0.39, 0.29) is 23.3 Å². The Balaban J connectivity index is 1.86. The van der Waals surface area contributed by atoms with Gasteiger partial charge in [0, 0.05) is 23.4 Å². The lowest BCUT2D eigenvalue weighted by Crippen LogP contribution is -2.54. The first-order chi connectivity index (χ1) is 10.3. The van der Waals surface area contributed by atoms with Gasteiger partial charge in [0.25, 0.3) is 5.91 Å². The van der Waals surface area contributed by atoms with Crippen LogP contribution in [-0.4, -0.2) is 41.9 Å². The highest BCUT2D eigenvalue weighted by atomic mass is 35.5. The number of aliphatic hydroxyl groups excluding tert-OH is 1. The Kier molecular flexibility index (Phi) is 3.99. The average molecular weight is 340 g/mol. The van der Waals surface area contributed by atoms with Crippen LogP contribution >= 0.6 is 23.4 Å².